The lowest BCUT2D eigenvalue weighted by Crippen LogP contribution is -2.51. The first kappa shape index (κ1) is 17.5. The van der Waals surface area contributed by atoms with Crippen LogP contribution in [-0.4, -0.2) is 51.7 Å². The zero-order valence-electron chi connectivity index (χ0n) is 14.8. The zero-order chi connectivity index (χ0) is 17.8. The maximum atomic E-state index is 12.3. The summed E-state index contributed by atoms with van der Waals surface area (Å²) in [6, 6.07) is 11.4. The van der Waals surface area contributed by atoms with Crippen LogP contribution < -0.4 is 5.32 Å². The van der Waals surface area contributed by atoms with E-state index in [1.807, 2.05) is 0 Å². The van der Waals surface area contributed by atoms with Gasteiger partial charge in [-0.25, -0.2) is 9.97 Å². The van der Waals surface area contributed by atoms with Crippen molar-refractivity contribution in [3.8, 4) is 0 Å². The van der Waals surface area contributed by atoms with E-state index in [1.54, 1.807) is 18.5 Å². The summed E-state index contributed by atoms with van der Waals surface area (Å²) >= 11 is 1.39. The largest absolute Gasteiger partial charge is 0.351 e. The molecule has 0 radical (unpaired) electrons. The Morgan fingerprint density at radius 3 is 2.62 bits per heavy atom. The highest BCUT2D eigenvalue weighted by atomic mass is 32.2. The number of rotatable bonds is 5. The van der Waals surface area contributed by atoms with Gasteiger partial charge in [0.1, 0.15) is 0 Å². The van der Waals surface area contributed by atoms with E-state index in [0.717, 1.165) is 38.8 Å². The Bertz CT molecular complexity index is 729. The first-order valence-electron chi connectivity index (χ1n) is 9.28. The highest BCUT2D eigenvalue weighted by molar-refractivity contribution is 7.99. The van der Waals surface area contributed by atoms with Crippen molar-refractivity contribution in [3.63, 3.8) is 0 Å². The molecule has 0 unspecified atom stereocenters. The number of carbonyl (C=O) groups is 1. The van der Waals surface area contributed by atoms with Crippen LogP contribution in [0.15, 0.2) is 47.9 Å². The number of amides is 1. The molecule has 1 aliphatic heterocycles. The van der Waals surface area contributed by atoms with Crippen LogP contribution in [0.5, 0.6) is 0 Å². The third-order valence-corrected chi connectivity index (χ3v) is 6.11. The van der Waals surface area contributed by atoms with Crippen molar-refractivity contribution in [3.05, 3.63) is 53.9 Å². The van der Waals surface area contributed by atoms with Crippen molar-refractivity contribution in [2.45, 2.75) is 42.9 Å². The number of hydrogen-bond donors (Lipinski definition) is 1. The van der Waals surface area contributed by atoms with Gasteiger partial charge in [0.05, 0.1) is 5.75 Å². The molecule has 0 saturated carbocycles. The topological polar surface area (TPSA) is 58.1 Å². The van der Waals surface area contributed by atoms with Gasteiger partial charge in [-0.05, 0) is 49.4 Å². The van der Waals surface area contributed by atoms with Gasteiger partial charge in [-0.15, -0.1) is 0 Å². The number of nitrogens with one attached hydrogen (secondary N) is 1. The van der Waals surface area contributed by atoms with Crippen LogP contribution in [0.2, 0.25) is 0 Å². The molecule has 5 nitrogen and oxygen atoms in total. The van der Waals surface area contributed by atoms with Gasteiger partial charge in [0, 0.05) is 31.0 Å². The maximum absolute atomic E-state index is 12.3. The minimum Gasteiger partial charge on any atom is -0.351 e. The summed E-state index contributed by atoms with van der Waals surface area (Å²) in [7, 11) is 0. The molecule has 2 heterocycles. The summed E-state index contributed by atoms with van der Waals surface area (Å²) in [6.07, 6.45) is 7.88. The van der Waals surface area contributed by atoms with Crippen molar-refractivity contribution in [1.82, 2.24) is 20.2 Å². The molecule has 0 bridgehead atoms. The molecule has 2 aromatic rings. The molecular formula is C20H24N4OS. The van der Waals surface area contributed by atoms with Crippen molar-refractivity contribution in [1.29, 1.82) is 0 Å². The molecule has 26 heavy (non-hydrogen) atoms. The second-order valence-corrected chi connectivity index (χ2v) is 7.99. The first-order chi connectivity index (χ1) is 12.8. The van der Waals surface area contributed by atoms with Crippen LogP contribution in [0.1, 0.15) is 24.0 Å². The number of likely N-dealkylation sites (tertiary alicyclic amines) is 1. The zero-order valence-corrected chi connectivity index (χ0v) is 15.6. The fourth-order valence-electron chi connectivity index (χ4n) is 4.01. The minimum atomic E-state index is 0.0732. The monoisotopic (exact) mass is 368 g/mol. The predicted molar refractivity (Wildman–Crippen MR) is 103 cm³/mol. The van der Waals surface area contributed by atoms with Crippen LogP contribution in [0, 0.1) is 0 Å². The molecular weight excluding hydrogens is 344 g/mol. The molecule has 1 N–H and O–H groups in total. The molecule has 1 aromatic heterocycles. The third kappa shape index (κ3) is 4.24. The fourth-order valence-corrected chi connectivity index (χ4v) is 4.62. The third-order valence-electron chi connectivity index (χ3n) is 5.24. The molecule has 1 saturated heterocycles. The minimum absolute atomic E-state index is 0.0732. The van der Waals surface area contributed by atoms with Gasteiger partial charge in [-0.3, -0.25) is 9.69 Å². The molecule has 0 spiro atoms. The second-order valence-electron chi connectivity index (χ2n) is 7.05. The number of fused-ring (bicyclic) bond motifs is 1. The number of thioether (sulfide) groups is 1. The number of nitrogens with zero attached hydrogens (tertiary/aromatic N) is 3. The van der Waals surface area contributed by atoms with Gasteiger partial charge in [-0.1, -0.05) is 36.0 Å². The Labute approximate surface area is 158 Å². The summed E-state index contributed by atoms with van der Waals surface area (Å²) < 4.78 is 0. The highest BCUT2D eigenvalue weighted by Crippen LogP contribution is 2.27. The van der Waals surface area contributed by atoms with Crippen molar-refractivity contribution in [2.75, 3.05) is 18.8 Å². The van der Waals surface area contributed by atoms with Crippen LogP contribution in [0.25, 0.3) is 0 Å². The fraction of sp³-hybridized carbons (Fsp3) is 0.450. The standard InChI is InChI=1S/C20H24N4OS/c25-19(14-26-20-21-8-4-9-22-20)23-17-7-3-10-24(13-17)18-11-15-5-1-2-6-16(15)12-18/h1-2,4-6,8-9,17-18H,3,7,10-14H2,(H,23,25)/t17-/m1/s1. The molecule has 1 amide bonds. The lowest BCUT2D eigenvalue weighted by Gasteiger charge is -2.37. The van der Waals surface area contributed by atoms with E-state index in [0.29, 0.717) is 17.0 Å². The van der Waals surface area contributed by atoms with Crippen molar-refractivity contribution < 1.29 is 4.79 Å². The van der Waals surface area contributed by atoms with Gasteiger partial charge in [0.2, 0.25) is 5.91 Å². The first-order valence-corrected chi connectivity index (χ1v) is 10.3. The molecule has 1 aliphatic carbocycles. The molecule has 136 valence electrons. The van der Waals surface area contributed by atoms with E-state index in [1.165, 1.54) is 22.9 Å². The summed E-state index contributed by atoms with van der Waals surface area (Å²) in [5, 5.41) is 3.86. The van der Waals surface area contributed by atoms with Gasteiger partial charge in [0.25, 0.3) is 0 Å². The van der Waals surface area contributed by atoms with E-state index in [4.69, 9.17) is 0 Å². The number of piperidine rings is 1. The van der Waals surface area contributed by atoms with Gasteiger partial charge < -0.3 is 5.32 Å². The predicted octanol–water partition coefficient (Wildman–Crippen LogP) is 2.32. The molecule has 1 aromatic carbocycles. The normalized spacial score (nSPS) is 20.7. The van der Waals surface area contributed by atoms with Crippen molar-refractivity contribution in [2.24, 2.45) is 0 Å². The molecule has 1 atom stereocenters. The summed E-state index contributed by atoms with van der Waals surface area (Å²) in [5.41, 5.74) is 2.98. The van der Waals surface area contributed by atoms with E-state index in [2.05, 4.69) is 44.5 Å². The molecule has 2 aliphatic rings. The molecule has 6 heteroatoms. The maximum Gasteiger partial charge on any atom is 0.230 e. The summed E-state index contributed by atoms with van der Waals surface area (Å²) in [4.78, 5) is 23.1. The summed E-state index contributed by atoms with van der Waals surface area (Å²) in [6.45, 7) is 2.09. The molecule has 1 fully saturated rings. The number of carbonyl (C=O) groups excluding carboxylic acids is 1. The summed E-state index contributed by atoms with van der Waals surface area (Å²) in [5.74, 6) is 0.444. The SMILES string of the molecule is O=C(CSc1ncccn1)N[C@@H]1CCCN(C2Cc3ccccc3C2)C1. The Morgan fingerprint density at radius 1 is 1.15 bits per heavy atom. The quantitative estimate of drug-likeness (QED) is 0.648. The van der Waals surface area contributed by atoms with E-state index in [-0.39, 0.29) is 11.9 Å². The Morgan fingerprint density at radius 2 is 1.88 bits per heavy atom. The Hall–Kier alpha value is -1.92. The van der Waals surface area contributed by atoms with Gasteiger partial charge in [-0.2, -0.15) is 0 Å². The van der Waals surface area contributed by atoms with E-state index in [9.17, 15) is 4.79 Å². The highest BCUT2D eigenvalue weighted by Gasteiger charge is 2.30. The van der Waals surface area contributed by atoms with Crippen LogP contribution in [0.4, 0.5) is 0 Å². The average Bonchev–Trinajstić information content (AvgIpc) is 3.12. The second kappa shape index (κ2) is 8.18. The lowest BCUT2D eigenvalue weighted by molar-refractivity contribution is -0.119. The van der Waals surface area contributed by atoms with Gasteiger partial charge in [0.15, 0.2) is 5.16 Å². The van der Waals surface area contributed by atoms with Gasteiger partial charge >= 0.3 is 0 Å². The average molecular weight is 369 g/mol. The van der Waals surface area contributed by atoms with E-state index >= 15 is 0 Å². The van der Waals surface area contributed by atoms with Crippen LogP contribution >= 0.6 is 11.8 Å². The molecule has 4 rings (SSSR count). The number of hydrogen-bond acceptors (Lipinski definition) is 5. The smallest absolute Gasteiger partial charge is 0.230 e. The Balaban J connectivity index is 1.27. The van der Waals surface area contributed by atoms with E-state index < -0.39 is 0 Å². The Kier molecular flexibility index (Phi) is 5.51. The lowest BCUT2D eigenvalue weighted by atomic mass is 10.0. The number of benzene rings is 1. The van der Waals surface area contributed by atoms with Crippen LogP contribution in [-0.2, 0) is 17.6 Å². The van der Waals surface area contributed by atoms with Crippen LogP contribution in [0.3, 0.4) is 0 Å². The van der Waals surface area contributed by atoms with Crippen molar-refractivity contribution >= 4 is 17.7 Å². The number of aromatic nitrogens is 2.